The average Bonchev–Trinajstić information content (AvgIpc) is 2.90. The Morgan fingerprint density at radius 3 is 2.37 bits per heavy atom. The first kappa shape index (κ1) is 23.8. The Morgan fingerprint density at radius 2 is 1.60 bits per heavy atom. The molecule has 2 aromatic heterocycles. The average molecular weight is 495 g/mol. The Kier molecular flexibility index (Phi) is 7.29. The van der Waals surface area contributed by atoms with Gasteiger partial charge in [-0.15, -0.1) is 0 Å². The molecule has 5 rings (SSSR count). The third-order valence-electron chi connectivity index (χ3n) is 7.04. The highest BCUT2D eigenvalue weighted by atomic mass is 35.5. The molecule has 0 bridgehead atoms. The van der Waals surface area contributed by atoms with Crippen molar-refractivity contribution in [3.63, 3.8) is 0 Å². The molecule has 0 radical (unpaired) electrons. The molecule has 184 valence electrons. The van der Waals surface area contributed by atoms with E-state index in [1.54, 1.807) is 23.0 Å². The van der Waals surface area contributed by atoms with Gasteiger partial charge in [-0.2, -0.15) is 0 Å². The molecule has 0 saturated carbocycles. The molecule has 0 spiro atoms. The Balaban J connectivity index is 1.26. The van der Waals surface area contributed by atoms with E-state index in [2.05, 4.69) is 19.8 Å². The van der Waals surface area contributed by atoms with Crippen LogP contribution in [0.4, 0.5) is 5.95 Å². The van der Waals surface area contributed by atoms with E-state index in [9.17, 15) is 9.59 Å². The fourth-order valence-corrected chi connectivity index (χ4v) is 5.39. The van der Waals surface area contributed by atoms with Crippen molar-refractivity contribution in [1.82, 2.24) is 24.0 Å². The maximum absolute atomic E-state index is 13.5. The van der Waals surface area contributed by atoms with Gasteiger partial charge in [0.2, 0.25) is 5.95 Å². The van der Waals surface area contributed by atoms with Gasteiger partial charge in [0.05, 0.1) is 5.56 Å². The lowest BCUT2D eigenvalue weighted by atomic mass is 9.99. The molecule has 4 heterocycles. The van der Waals surface area contributed by atoms with Gasteiger partial charge in [0.25, 0.3) is 5.56 Å². The second-order valence-corrected chi connectivity index (χ2v) is 9.64. The molecule has 9 heteroatoms. The third kappa shape index (κ3) is 5.04. The molecule has 0 unspecified atom stereocenters. The van der Waals surface area contributed by atoms with E-state index < -0.39 is 0 Å². The van der Waals surface area contributed by atoms with Gasteiger partial charge in [-0.1, -0.05) is 29.8 Å². The summed E-state index contributed by atoms with van der Waals surface area (Å²) in [4.78, 5) is 40.1. The minimum absolute atomic E-state index is 0.183. The van der Waals surface area contributed by atoms with Crippen LogP contribution in [0.25, 0.3) is 11.1 Å². The monoisotopic (exact) mass is 494 g/mol. The lowest BCUT2D eigenvalue weighted by molar-refractivity contribution is 0.249. The number of rotatable bonds is 7. The van der Waals surface area contributed by atoms with E-state index in [-0.39, 0.29) is 11.2 Å². The van der Waals surface area contributed by atoms with E-state index in [1.807, 2.05) is 24.3 Å². The van der Waals surface area contributed by atoms with Crippen molar-refractivity contribution in [3.05, 3.63) is 74.3 Å². The smallest absolute Gasteiger partial charge is 0.331 e. The molecule has 1 saturated heterocycles. The highest BCUT2D eigenvalue weighted by Gasteiger charge is 2.24. The molecule has 0 N–H and O–H groups in total. The van der Waals surface area contributed by atoms with Gasteiger partial charge in [0.1, 0.15) is 0 Å². The van der Waals surface area contributed by atoms with Crippen LogP contribution in [-0.4, -0.2) is 56.7 Å². The molecule has 1 aromatic carbocycles. The number of fused-ring (bicyclic) bond motifs is 1. The lowest BCUT2D eigenvalue weighted by Crippen LogP contribution is -2.47. The lowest BCUT2D eigenvalue weighted by Gasteiger charge is -2.34. The molecule has 0 atom stereocenters. The van der Waals surface area contributed by atoms with E-state index in [4.69, 9.17) is 11.6 Å². The summed E-state index contributed by atoms with van der Waals surface area (Å²) < 4.78 is 3.23. The summed E-state index contributed by atoms with van der Waals surface area (Å²) in [6, 6.07) is 9.26. The first-order valence-electron chi connectivity index (χ1n) is 12.5. The van der Waals surface area contributed by atoms with Gasteiger partial charge in [-0.3, -0.25) is 18.8 Å². The quantitative estimate of drug-likeness (QED) is 0.470. The van der Waals surface area contributed by atoms with Crippen molar-refractivity contribution in [2.75, 3.05) is 37.6 Å². The molecule has 0 amide bonds. The zero-order valence-corrected chi connectivity index (χ0v) is 20.7. The summed E-state index contributed by atoms with van der Waals surface area (Å²) in [5.74, 6) is 0.786. The number of halogens is 1. The highest BCUT2D eigenvalue weighted by Crippen LogP contribution is 2.29. The van der Waals surface area contributed by atoms with Crippen LogP contribution in [0.3, 0.4) is 0 Å². The van der Waals surface area contributed by atoms with Gasteiger partial charge in [0.15, 0.2) is 0 Å². The summed E-state index contributed by atoms with van der Waals surface area (Å²) in [7, 11) is 0. The Labute approximate surface area is 209 Å². The van der Waals surface area contributed by atoms with Gasteiger partial charge in [-0.25, -0.2) is 14.8 Å². The number of anilines is 1. The van der Waals surface area contributed by atoms with Crippen molar-refractivity contribution in [3.8, 4) is 11.1 Å². The van der Waals surface area contributed by atoms with Crippen LogP contribution in [0.1, 0.15) is 31.4 Å². The largest absolute Gasteiger partial charge is 0.338 e. The van der Waals surface area contributed by atoms with E-state index in [1.165, 1.54) is 4.57 Å². The van der Waals surface area contributed by atoms with E-state index >= 15 is 0 Å². The maximum atomic E-state index is 13.5. The third-order valence-corrected chi connectivity index (χ3v) is 7.37. The molecule has 8 nitrogen and oxygen atoms in total. The van der Waals surface area contributed by atoms with Crippen LogP contribution in [0.5, 0.6) is 0 Å². The van der Waals surface area contributed by atoms with Crippen LogP contribution in [0.15, 0.2) is 52.3 Å². The second-order valence-electron chi connectivity index (χ2n) is 9.23. The predicted molar refractivity (Wildman–Crippen MR) is 138 cm³/mol. The maximum Gasteiger partial charge on any atom is 0.331 e. The summed E-state index contributed by atoms with van der Waals surface area (Å²) in [5, 5.41) is 0.545. The number of nitrogens with zero attached hydrogens (tertiary/aromatic N) is 6. The number of hydrogen-bond acceptors (Lipinski definition) is 6. The summed E-state index contributed by atoms with van der Waals surface area (Å²) in [6.07, 6.45) is 7.91. The van der Waals surface area contributed by atoms with Gasteiger partial charge < -0.3 is 4.90 Å². The minimum atomic E-state index is -0.215. The van der Waals surface area contributed by atoms with E-state index in [0.29, 0.717) is 23.7 Å². The van der Waals surface area contributed by atoms with Crippen LogP contribution < -0.4 is 16.1 Å². The van der Waals surface area contributed by atoms with Crippen molar-refractivity contribution < 1.29 is 0 Å². The van der Waals surface area contributed by atoms with Crippen molar-refractivity contribution in [2.45, 2.75) is 45.2 Å². The zero-order chi connectivity index (χ0) is 24.2. The van der Waals surface area contributed by atoms with Crippen molar-refractivity contribution in [2.24, 2.45) is 0 Å². The van der Waals surface area contributed by atoms with Crippen molar-refractivity contribution >= 4 is 17.5 Å². The molecular formula is C26H31ClN6O2. The van der Waals surface area contributed by atoms with Crippen LogP contribution in [-0.2, 0) is 19.5 Å². The number of piperazine rings is 1. The van der Waals surface area contributed by atoms with Crippen molar-refractivity contribution in [1.29, 1.82) is 0 Å². The van der Waals surface area contributed by atoms with Gasteiger partial charge in [-0.05, 0) is 50.8 Å². The topological polar surface area (TPSA) is 76.3 Å². The van der Waals surface area contributed by atoms with Crippen LogP contribution in [0, 0.1) is 0 Å². The molecule has 1 fully saturated rings. The molecule has 2 aliphatic heterocycles. The molecule has 2 aliphatic rings. The molecular weight excluding hydrogens is 464 g/mol. The number of benzene rings is 1. The minimum Gasteiger partial charge on any atom is -0.338 e. The SMILES string of the molecule is O=c1c(-c2ccccc2Cl)c2n(c(=O)n1CCCCN1CCN(c3ncccn3)CC1)CCCC2. The first-order chi connectivity index (χ1) is 17.1. The summed E-state index contributed by atoms with van der Waals surface area (Å²) in [5.41, 5.74) is 1.74. The van der Waals surface area contributed by atoms with E-state index in [0.717, 1.165) is 82.0 Å². The normalized spacial score (nSPS) is 16.3. The van der Waals surface area contributed by atoms with Crippen LogP contribution in [0.2, 0.25) is 5.02 Å². The van der Waals surface area contributed by atoms with Gasteiger partial charge >= 0.3 is 5.69 Å². The fourth-order valence-electron chi connectivity index (χ4n) is 5.16. The molecule has 0 aliphatic carbocycles. The van der Waals surface area contributed by atoms with Gasteiger partial charge in [0, 0.05) is 67.9 Å². The first-order valence-corrected chi connectivity index (χ1v) is 12.9. The summed E-state index contributed by atoms with van der Waals surface area (Å²) in [6.45, 7) is 5.73. The Bertz CT molecular complexity index is 1280. The number of unbranched alkanes of at least 4 members (excludes halogenated alkanes) is 1. The van der Waals surface area contributed by atoms with Crippen LogP contribution >= 0.6 is 11.6 Å². The Morgan fingerprint density at radius 1 is 0.857 bits per heavy atom. The molecule has 35 heavy (non-hydrogen) atoms. The number of aromatic nitrogens is 4. The summed E-state index contributed by atoms with van der Waals surface area (Å²) >= 11 is 6.48. The Hall–Kier alpha value is -2.97. The predicted octanol–water partition coefficient (Wildman–Crippen LogP) is 3.06. The molecule has 3 aromatic rings. The second kappa shape index (κ2) is 10.7. The standard InChI is InChI=1S/C26H31ClN6O2/c27-21-9-2-1-8-20(21)23-22-10-3-4-14-32(22)26(35)33(24(23)34)15-6-5-13-30-16-18-31(19-17-30)25-28-11-7-12-29-25/h1-2,7-9,11-12H,3-6,10,13-19H2. The fraction of sp³-hybridized carbons (Fsp3) is 0.462. The zero-order valence-electron chi connectivity index (χ0n) is 19.9. The highest BCUT2D eigenvalue weighted by molar-refractivity contribution is 6.33. The number of hydrogen-bond donors (Lipinski definition) is 0.